The lowest BCUT2D eigenvalue weighted by Crippen LogP contribution is -2.24. The van der Waals surface area contributed by atoms with Gasteiger partial charge in [-0.1, -0.05) is 25.1 Å². The summed E-state index contributed by atoms with van der Waals surface area (Å²) in [5.74, 6) is 0.168. The topological polar surface area (TPSA) is 46.5 Å². The minimum atomic E-state index is -0.677. The van der Waals surface area contributed by atoms with Gasteiger partial charge in [0.05, 0.1) is 12.5 Å². The average molecular weight is 218 g/mol. The van der Waals surface area contributed by atoms with Crippen LogP contribution in [0.2, 0.25) is 0 Å². The van der Waals surface area contributed by atoms with Crippen molar-refractivity contribution < 1.29 is 14.6 Å². The van der Waals surface area contributed by atoms with Gasteiger partial charge < -0.3 is 9.84 Å². The van der Waals surface area contributed by atoms with Gasteiger partial charge in [-0.15, -0.1) is 0 Å². The van der Waals surface area contributed by atoms with Crippen molar-refractivity contribution in [3.63, 3.8) is 0 Å². The van der Waals surface area contributed by atoms with E-state index in [2.05, 4.69) is 0 Å². The number of hydrogen-bond donors (Lipinski definition) is 1. The van der Waals surface area contributed by atoms with Crippen LogP contribution in [0, 0.1) is 11.8 Å². The third kappa shape index (κ3) is 1.01. The predicted octanol–water partition coefficient (Wildman–Crippen LogP) is 2.06. The van der Waals surface area contributed by atoms with E-state index in [1.54, 1.807) is 0 Å². The van der Waals surface area contributed by atoms with Crippen molar-refractivity contribution in [3.05, 3.63) is 29.8 Å². The lowest BCUT2D eigenvalue weighted by molar-refractivity contribution is -0.139. The summed E-state index contributed by atoms with van der Waals surface area (Å²) in [4.78, 5) is 11.2. The minimum absolute atomic E-state index is 0.166. The maximum absolute atomic E-state index is 11.2. The van der Waals surface area contributed by atoms with E-state index in [1.807, 2.05) is 31.2 Å². The number of hydrogen-bond acceptors (Lipinski definition) is 2. The molecule has 0 saturated heterocycles. The standard InChI is InChI=1S/C13H14O3/c1-8-11(12(14)15)13(8)6-7-16-10-5-3-2-4-9(10)13/h2-5,8,11H,6-7H2,1H3,(H,14,15)/t8-,11?,13-/m0/s1. The van der Waals surface area contributed by atoms with E-state index in [9.17, 15) is 9.90 Å². The van der Waals surface area contributed by atoms with E-state index in [0.717, 1.165) is 17.7 Å². The second-order valence-corrected chi connectivity index (χ2v) is 4.74. The van der Waals surface area contributed by atoms with Gasteiger partial charge in [0.2, 0.25) is 0 Å². The van der Waals surface area contributed by atoms with Crippen LogP contribution in [-0.2, 0) is 10.2 Å². The fourth-order valence-electron chi connectivity index (χ4n) is 3.30. The zero-order valence-corrected chi connectivity index (χ0v) is 9.14. The molecule has 0 radical (unpaired) electrons. The third-order valence-electron chi connectivity index (χ3n) is 4.19. The molecule has 0 amide bonds. The summed E-state index contributed by atoms with van der Waals surface area (Å²) < 4.78 is 5.58. The minimum Gasteiger partial charge on any atom is -0.493 e. The fourth-order valence-corrected chi connectivity index (χ4v) is 3.30. The van der Waals surface area contributed by atoms with Gasteiger partial charge in [0, 0.05) is 11.0 Å². The van der Waals surface area contributed by atoms with Crippen molar-refractivity contribution in [2.45, 2.75) is 18.8 Å². The largest absolute Gasteiger partial charge is 0.493 e. The first-order valence-corrected chi connectivity index (χ1v) is 5.63. The molecule has 16 heavy (non-hydrogen) atoms. The predicted molar refractivity (Wildman–Crippen MR) is 58.5 cm³/mol. The Labute approximate surface area is 94.0 Å². The first-order chi connectivity index (χ1) is 7.68. The Kier molecular flexibility index (Phi) is 1.82. The molecule has 1 heterocycles. The highest BCUT2D eigenvalue weighted by Gasteiger charge is 2.68. The molecule has 3 heteroatoms. The van der Waals surface area contributed by atoms with Gasteiger partial charge >= 0.3 is 5.97 Å². The van der Waals surface area contributed by atoms with E-state index in [-0.39, 0.29) is 17.3 Å². The molecular weight excluding hydrogens is 204 g/mol. The molecule has 1 spiro atoms. The number of ether oxygens (including phenoxy) is 1. The second kappa shape index (κ2) is 3.00. The van der Waals surface area contributed by atoms with Gasteiger partial charge in [-0.2, -0.15) is 0 Å². The first kappa shape index (κ1) is 9.70. The van der Waals surface area contributed by atoms with Crippen molar-refractivity contribution >= 4 is 5.97 Å². The molecule has 1 aromatic carbocycles. The Bertz CT molecular complexity index is 454. The number of rotatable bonds is 1. The van der Waals surface area contributed by atoms with Crippen LogP contribution in [0.4, 0.5) is 0 Å². The van der Waals surface area contributed by atoms with Crippen LogP contribution in [-0.4, -0.2) is 17.7 Å². The SMILES string of the molecule is C[C@H]1C(C(=O)O)[C@@]12CCOc1ccccc12. The summed E-state index contributed by atoms with van der Waals surface area (Å²) in [6.45, 7) is 2.66. The van der Waals surface area contributed by atoms with E-state index in [0.29, 0.717) is 6.61 Å². The number of benzene rings is 1. The molecule has 1 aliphatic carbocycles. The number of carbonyl (C=O) groups is 1. The molecule has 3 rings (SSSR count). The van der Waals surface area contributed by atoms with E-state index in [1.165, 1.54) is 0 Å². The van der Waals surface area contributed by atoms with Crippen LogP contribution < -0.4 is 4.74 Å². The van der Waals surface area contributed by atoms with E-state index in [4.69, 9.17) is 4.74 Å². The smallest absolute Gasteiger partial charge is 0.307 e. The molecule has 1 saturated carbocycles. The molecule has 3 nitrogen and oxygen atoms in total. The Morgan fingerprint density at radius 1 is 1.50 bits per heavy atom. The van der Waals surface area contributed by atoms with Crippen molar-refractivity contribution in [2.75, 3.05) is 6.61 Å². The van der Waals surface area contributed by atoms with Gasteiger partial charge in [0.1, 0.15) is 5.75 Å². The number of carboxylic acid groups (broad SMARTS) is 1. The molecule has 1 aliphatic heterocycles. The van der Waals surface area contributed by atoms with Crippen molar-refractivity contribution in [2.24, 2.45) is 11.8 Å². The van der Waals surface area contributed by atoms with Crippen LogP contribution >= 0.6 is 0 Å². The summed E-state index contributed by atoms with van der Waals surface area (Å²) >= 11 is 0. The van der Waals surface area contributed by atoms with E-state index >= 15 is 0 Å². The summed E-state index contributed by atoms with van der Waals surface area (Å²) in [6.07, 6.45) is 0.822. The Morgan fingerprint density at radius 2 is 2.25 bits per heavy atom. The molecule has 2 aliphatic rings. The Morgan fingerprint density at radius 3 is 2.94 bits per heavy atom. The van der Waals surface area contributed by atoms with Gasteiger partial charge in [0.25, 0.3) is 0 Å². The first-order valence-electron chi connectivity index (χ1n) is 5.63. The monoisotopic (exact) mass is 218 g/mol. The molecule has 1 fully saturated rings. The Balaban J connectivity index is 2.10. The molecule has 1 aromatic rings. The summed E-state index contributed by atoms with van der Waals surface area (Å²) in [5.41, 5.74) is 0.918. The van der Waals surface area contributed by atoms with Crippen molar-refractivity contribution in [1.82, 2.24) is 0 Å². The van der Waals surface area contributed by atoms with Crippen LogP contribution in [0.5, 0.6) is 5.75 Å². The molecule has 84 valence electrons. The number of aliphatic carboxylic acids is 1. The van der Waals surface area contributed by atoms with Crippen LogP contribution in [0.15, 0.2) is 24.3 Å². The molecule has 1 N–H and O–H groups in total. The zero-order chi connectivity index (χ0) is 11.3. The van der Waals surface area contributed by atoms with Crippen LogP contribution in [0.3, 0.4) is 0 Å². The van der Waals surface area contributed by atoms with Gasteiger partial charge in [-0.25, -0.2) is 0 Å². The number of fused-ring (bicyclic) bond motifs is 2. The lowest BCUT2D eigenvalue weighted by atomic mass is 9.86. The lowest BCUT2D eigenvalue weighted by Gasteiger charge is -2.26. The van der Waals surface area contributed by atoms with E-state index < -0.39 is 5.97 Å². The Hall–Kier alpha value is -1.51. The van der Waals surface area contributed by atoms with Crippen molar-refractivity contribution in [3.8, 4) is 5.75 Å². The van der Waals surface area contributed by atoms with Crippen LogP contribution in [0.25, 0.3) is 0 Å². The van der Waals surface area contributed by atoms with Crippen molar-refractivity contribution in [1.29, 1.82) is 0 Å². The van der Waals surface area contributed by atoms with Gasteiger partial charge in [-0.05, 0) is 18.4 Å². The molecule has 1 unspecified atom stereocenters. The second-order valence-electron chi connectivity index (χ2n) is 4.74. The maximum atomic E-state index is 11.2. The quantitative estimate of drug-likeness (QED) is 0.784. The summed E-state index contributed by atoms with van der Waals surface area (Å²) in [5, 5.41) is 9.23. The fraction of sp³-hybridized carbons (Fsp3) is 0.462. The molecular formula is C13H14O3. The molecule has 3 atom stereocenters. The van der Waals surface area contributed by atoms with Crippen LogP contribution in [0.1, 0.15) is 18.9 Å². The van der Waals surface area contributed by atoms with Gasteiger partial charge in [0.15, 0.2) is 0 Å². The summed E-state index contributed by atoms with van der Waals surface area (Å²) in [6, 6.07) is 7.83. The average Bonchev–Trinajstić information content (AvgIpc) is 2.85. The molecule has 0 bridgehead atoms. The zero-order valence-electron chi connectivity index (χ0n) is 9.14. The summed E-state index contributed by atoms with van der Waals surface area (Å²) in [7, 11) is 0. The van der Waals surface area contributed by atoms with Gasteiger partial charge in [-0.3, -0.25) is 4.79 Å². The number of carboxylic acids is 1. The maximum Gasteiger partial charge on any atom is 0.307 e. The molecule has 0 aromatic heterocycles. The highest BCUT2D eigenvalue weighted by atomic mass is 16.5. The highest BCUT2D eigenvalue weighted by molar-refractivity contribution is 5.79. The number of para-hydroxylation sites is 1. The normalized spacial score (nSPS) is 35.3. The third-order valence-corrected chi connectivity index (χ3v) is 4.19. The highest BCUT2D eigenvalue weighted by Crippen LogP contribution is 2.65.